The second-order valence-corrected chi connectivity index (χ2v) is 28.0. The van der Waals surface area contributed by atoms with E-state index in [4.69, 9.17) is 0 Å². The van der Waals surface area contributed by atoms with E-state index in [0.717, 1.165) is 28.4 Å². The molecule has 10 aromatic rings. The first-order valence-electron chi connectivity index (χ1n) is 30.1. The van der Waals surface area contributed by atoms with E-state index in [0.29, 0.717) is 0 Å². The first-order chi connectivity index (χ1) is 39.4. The molecule has 2 nitrogen and oxygen atoms in total. The van der Waals surface area contributed by atoms with Crippen molar-refractivity contribution in [3.05, 3.63) is 273 Å². The second-order valence-electron chi connectivity index (χ2n) is 28.0. The van der Waals surface area contributed by atoms with Gasteiger partial charge in [0.25, 0.3) is 0 Å². The quantitative estimate of drug-likeness (QED) is 0.150. The third-order valence-electron chi connectivity index (χ3n) is 18.4. The van der Waals surface area contributed by atoms with Gasteiger partial charge in [0.2, 0.25) is 0 Å². The zero-order valence-corrected chi connectivity index (χ0v) is 52.0. The standard InChI is InChI=1S/C81H82N2/c1-51-25-17-19-27-63(51)73-54(4)75-69(50-72(73)83(61-45-37-57(38-46-61)79(11,12)13)62-47-39-58(40-48-62)80(14,15)16)81(67-31-23-21-29-65(67)66-30-22-24-32-68(66)81)70-49-71(53(3)74(76(70)75)64-28-20-18-26-52(64)2)82(59-41-33-55(34-42-59)77(5,6)7)60-43-35-56(36-44-60)78(8,9)10/h17-50H,1-16H3. The Kier molecular flexibility index (Phi) is 13.3. The molecule has 2 aliphatic carbocycles. The summed E-state index contributed by atoms with van der Waals surface area (Å²) < 4.78 is 0. The Hall–Kier alpha value is -8.20. The topological polar surface area (TPSA) is 6.48 Å². The SMILES string of the molecule is Cc1ccccc1-c1c(N(c2ccc(C(C)(C)C)cc2)c2ccc(C(C)(C)C)cc2)cc2c(c1C)-c1c(cc(N(c3ccc(C(C)(C)C)cc3)c3ccc(C(C)(C)C)cc3)c(C)c1-c1ccccc1C)C21c2ccccc2-c2ccccc21. The van der Waals surface area contributed by atoms with Gasteiger partial charge in [0.05, 0.1) is 16.8 Å². The smallest absolute Gasteiger partial charge is 0.0727 e. The van der Waals surface area contributed by atoms with E-state index in [1.807, 2.05) is 0 Å². The summed E-state index contributed by atoms with van der Waals surface area (Å²) in [6.45, 7) is 37.1. The Balaban J connectivity index is 1.27. The Labute approximate surface area is 496 Å². The van der Waals surface area contributed by atoms with Crippen molar-refractivity contribution >= 4 is 34.1 Å². The molecule has 0 saturated carbocycles. The molecule has 416 valence electrons. The predicted octanol–water partition coefficient (Wildman–Crippen LogP) is 22.7. The van der Waals surface area contributed by atoms with Crippen molar-refractivity contribution in [2.45, 2.75) is 138 Å². The number of nitrogens with zero attached hydrogens (tertiary/aromatic N) is 2. The zero-order chi connectivity index (χ0) is 58.7. The van der Waals surface area contributed by atoms with Gasteiger partial charge in [0, 0.05) is 28.3 Å². The van der Waals surface area contributed by atoms with Crippen molar-refractivity contribution in [3.8, 4) is 44.5 Å². The highest BCUT2D eigenvalue weighted by Gasteiger charge is 2.54. The first-order valence-corrected chi connectivity index (χ1v) is 30.1. The summed E-state index contributed by atoms with van der Waals surface area (Å²) >= 11 is 0. The third-order valence-corrected chi connectivity index (χ3v) is 18.4. The molecule has 0 bridgehead atoms. The summed E-state index contributed by atoms with van der Waals surface area (Å²) in [4.78, 5) is 5.13. The van der Waals surface area contributed by atoms with Crippen LogP contribution in [0.3, 0.4) is 0 Å². The summed E-state index contributed by atoms with van der Waals surface area (Å²) in [7, 11) is 0. The van der Waals surface area contributed by atoms with E-state index in [1.54, 1.807) is 0 Å². The summed E-state index contributed by atoms with van der Waals surface area (Å²) in [5.74, 6) is 0. The van der Waals surface area contributed by atoms with E-state index >= 15 is 0 Å². The van der Waals surface area contributed by atoms with Gasteiger partial charge < -0.3 is 9.80 Å². The van der Waals surface area contributed by atoms with Gasteiger partial charge in [-0.3, -0.25) is 0 Å². The van der Waals surface area contributed by atoms with Crippen molar-refractivity contribution in [3.63, 3.8) is 0 Å². The summed E-state index contributed by atoms with van der Waals surface area (Å²) in [6, 6.07) is 79.6. The highest BCUT2D eigenvalue weighted by atomic mass is 15.2. The van der Waals surface area contributed by atoms with Crippen molar-refractivity contribution in [1.29, 1.82) is 0 Å². The summed E-state index contributed by atoms with van der Waals surface area (Å²) in [5, 5.41) is 0. The third kappa shape index (κ3) is 9.16. The average Bonchev–Trinajstić information content (AvgIpc) is 1.54. The number of benzene rings is 10. The molecule has 2 aliphatic rings. The minimum absolute atomic E-state index is 0.00415. The van der Waals surface area contributed by atoms with Crippen molar-refractivity contribution in [2.75, 3.05) is 9.80 Å². The fourth-order valence-electron chi connectivity index (χ4n) is 13.8. The van der Waals surface area contributed by atoms with Crippen LogP contribution in [0.5, 0.6) is 0 Å². The minimum atomic E-state index is -0.725. The fourth-order valence-corrected chi connectivity index (χ4v) is 13.8. The number of anilines is 6. The molecule has 2 heteroatoms. The monoisotopic (exact) mass is 1080 g/mol. The molecule has 0 unspecified atom stereocenters. The van der Waals surface area contributed by atoms with Crippen LogP contribution in [0.4, 0.5) is 34.1 Å². The zero-order valence-electron chi connectivity index (χ0n) is 52.0. The van der Waals surface area contributed by atoms with E-state index < -0.39 is 5.41 Å². The minimum Gasteiger partial charge on any atom is -0.310 e. The van der Waals surface area contributed by atoms with Crippen LogP contribution >= 0.6 is 0 Å². The molecule has 0 saturated heterocycles. The molecule has 0 amide bonds. The van der Waals surface area contributed by atoms with Crippen LogP contribution in [0.2, 0.25) is 0 Å². The lowest BCUT2D eigenvalue weighted by atomic mass is 9.69. The molecule has 0 fully saturated rings. The van der Waals surface area contributed by atoms with Crippen LogP contribution in [0.1, 0.15) is 150 Å². The van der Waals surface area contributed by atoms with E-state index in [-0.39, 0.29) is 21.7 Å². The Morgan fingerprint density at radius 3 is 0.928 bits per heavy atom. The predicted molar refractivity (Wildman–Crippen MR) is 357 cm³/mol. The summed E-state index contributed by atoms with van der Waals surface area (Å²) in [5.41, 5.74) is 31.7. The molecule has 0 radical (unpaired) electrons. The van der Waals surface area contributed by atoms with Crippen molar-refractivity contribution in [2.24, 2.45) is 0 Å². The van der Waals surface area contributed by atoms with Crippen molar-refractivity contribution in [1.82, 2.24) is 0 Å². The van der Waals surface area contributed by atoms with Gasteiger partial charge in [-0.05, 0) is 216 Å². The van der Waals surface area contributed by atoms with Crippen LogP contribution in [0.15, 0.2) is 206 Å². The molecular formula is C81H82N2. The van der Waals surface area contributed by atoms with E-state index in [9.17, 15) is 0 Å². The first kappa shape index (κ1) is 55.3. The molecule has 0 N–H and O–H groups in total. The molecule has 83 heavy (non-hydrogen) atoms. The van der Waals surface area contributed by atoms with Crippen LogP contribution in [-0.4, -0.2) is 0 Å². The van der Waals surface area contributed by atoms with Gasteiger partial charge in [0.15, 0.2) is 0 Å². The lowest BCUT2D eigenvalue weighted by molar-refractivity contribution is 0.590. The van der Waals surface area contributed by atoms with Gasteiger partial charge in [0.1, 0.15) is 0 Å². The molecular weight excluding hydrogens is 1000 g/mol. The maximum atomic E-state index is 2.64. The number of hydrogen-bond donors (Lipinski definition) is 0. The Bertz CT molecular complexity index is 3960. The van der Waals surface area contributed by atoms with E-state index in [1.165, 1.54) is 117 Å². The molecule has 0 aliphatic heterocycles. The number of aryl methyl sites for hydroxylation is 2. The van der Waals surface area contributed by atoms with Crippen LogP contribution in [0.25, 0.3) is 44.5 Å². The number of fused-ring (bicyclic) bond motifs is 10. The molecule has 0 atom stereocenters. The fraction of sp³-hybridized carbons (Fsp3) is 0.259. The Morgan fingerprint density at radius 1 is 0.265 bits per heavy atom. The second kappa shape index (κ2) is 20.0. The maximum absolute atomic E-state index is 2.64. The normalized spacial score (nSPS) is 13.4. The van der Waals surface area contributed by atoms with Crippen molar-refractivity contribution < 1.29 is 0 Å². The molecule has 10 aromatic carbocycles. The van der Waals surface area contributed by atoms with E-state index in [2.05, 4.69) is 327 Å². The lowest BCUT2D eigenvalue weighted by Crippen LogP contribution is -2.27. The van der Waals surface area contributed by atoms with Gasteiger partial charge >= 0.3 is 0 Å². The van der Waals surface area contributed by atoms with Gasteiger partial charge in [-0.2, -0.15) is 0 Å². The van der Waals surface area contributed by atoms with Gasteiger partial charge in [-0.25, -0.2) is 0 Å². The highest BCUT2D eigenvalue weighted by Crippen LogP contribution is 2.68. The molecule has 0 heterocycles. The molecule has 0 aromatic heterocycles. The van der Waals surface area contributed by atoms with Crippen LogP contribution in [0, 0.1) is 27.7 Å². The van der Waals surface area contributed by atoms with Gasteiger partial charge in [-0.15, -0.1) is 0 Å². The number of rotatable bonds is 8. The maximum Gasteiger partial charge on any atom is 0.0727 e. The highest BCUT2D eigenvalue weighted by molar-refractivity contribution is 6.08. The Morgan fingerprint density at radius 2 is 0.566 bits per heavy atom. The molecule has 1 spiro atoms. The lowest BCUT2D eigenvalue weighted by Gasteiger charge is -2.35. The molecule has 12 rings (SSSR count). The summed E-state index contributed by atoms with van der Waals surface area (Å²) in [6.07, 6.45) is 0. The van der Waals surface area contributed by atoms with Crippen LogP contribution < -0.4 is 9.80 Å². The van der Waals surface area contributed by atoms with Crippen LogP contribution in [-0.2, 0) is 27.1 Å². The van der Waals surface area contributed by atoms with Gasteiger partial charge in [-0.1, -0.05) is 229 Å². The largest absolute Gasteiger partial charge is 0.310 e. The average molecular weight is 1080 g/mol. The number of hydrogen-bond acceptors (Lipinski definition) is 2.